The second kappa shape index (κ2) is 9.32. The summed E-state index contributed by atoms with van der Waals surface area (Å²) in [5, 5.41) is 3.59. The number of hydrogen-bond acceptors (Lipinski definition) is 5. The van der Waals surface area contributed by atoms with Crippen molar-refractivity contribution in [2.75, 3.05) is 25.5 Å². The SMILES string of the molecule is CCOc1ccc(OCCNC(=O)CSc2nc3ccc(C)cc3[nH]2)cc1. The minimum absolute atomic E-state index is 0.0491. The zero-order valence-electron chi connectivity index (χ0n) is 15.5. The van der Waals surface area contributed by atoms with Gasteiger partial charge in [0.05, 0.1) is 29.9 Å². The Kier molecular flexibility index (Phi) is 6.59. The molecular formula is C20H23N3O3S. The van der Waals surface area contributed by atoms with Gasteiger partial charge in [-0.1, -0.05) is 17.8 Å². The minimum Gasteiger partial charge on any atom is -0.494 e. The molecule has 1 aromatic heterocycles. The molecule has 0 saturated carbocycles. The summed E-state index contributed by atoms with van der Waals surface area (Å²) in [6.45, 7) is 5.48. The number of nitrogens with one attached hydrogen (secondary N) is 2. The minimum atomic E-state index is -0.0491. The predicted octanol–water partition coefficient (Wildman–Crippen LogP) is 3.56. The van der Waals surface area contributed by atoms with E-state index in [-0.39, 0.29) is 5.91 Å². The van der Waals surface area contributed by atoms with Crippen molar-refractivity contribution in [3.05, 3.63) is 48.0 Å². The highest BCUT2D eigenvalue weighted by Gasteiger charge is 2.07. The van der Waals surface area contributed by atoms with E-state index in [1.165, 1.54) is 17.3 Å². The Morgan fingerprint density at radius 1 is 1.15 bits per heavy atom. The topological polar surface area (TPSA) is 76.2 Å². The van der Waals surface area contributed by atoms with Gasteiger partial charge >= 0.3 is 0 Å². The van der Waals surface area contributed by atoms with Crippen molar-refractivity contribution in [3.8, 4) is 11.5 Å². The number of thioether (sulfide) groups is 1. The maximum absolute atomic E-state index is 12.0. The number of aryl methyl sites for hydroxylation is 1. The summed E-state index contributed by atoms with van der Waals surface area (Å²) in [6, 6.07) is 13.5. The van der Waals surface area contributed by atoms with Gasteiger partial charge in [-0.3, -0.25) is 4.79 Å². The second-order valence-electron chi connectivity index (χ2n) is 5.95. The number of hydrogen-bond donors (Lipinski definition) is 2. The fourth-order valence-corrected chi connectivity index (χ4v) is 3.23. The van der Waals surface area contributed by atoms with Crippen LogP contribution in [0.5, 0.6) is 11.5 Å². The highest BCUT2D eigenvalue weighted by Crippen LogP contribution is 2.20. The first-order valence-corrected chi connectivity index (χ1v) is 9.84. The number of H-pyrrole nitrogens is 1. The number of amides is 1. The number of aromatic amines is 1. The largest absolute Gasteiger partial charge is 0.494 e. The Bertz CT molecular complexity index is 893. The van der Waals surface area contributed by atoms with Crippen molar-refractivity contribution in [2.45, 2.75) is 19.0 Å². The monoisotopic (exact) mass is 385 g/mol. The highest BCUT2D eigenvalue weighted by atomic mass is 32.2. The molecule has 3 rings (SSSR count). The van der Waals surface area contributed by atoms with E-state index >= 15 is 0 Å². The average Bonchev–Trinajstić information content (AvgIpc) is 3.07. The van der Waals surface area contributed by atoms with Crippen LogP contribution in [-0.2, 0) is 4.79 Å². The molecule has 0 radical (unpaired) electrons. The molecule has 0 bridgehead atoms. The van der Waals surface area contributed by atoms with Gasteiger partial charge < -0.3 is 19.8 Å². The van der Waals surface area contributed by atoms with Crippen molar-refractivity contribution in [3.63, 3.8) is 0 Å². The molecule has 2 N–H and O–H groups in total. The quantitative estimate of drug-likeness (QED) is 0.435. The number of carbonyl (C=O) groups is 1. The molecule has 2 aromatic carbocycles. The van der Waals surface area contributed by atoms with Crippen molar-refractivity contribution in [1.29, 1.82) is 0 Å². The van der Waals surface area contributed by atoms with Gasteiger partial charge in [-0.05, 0) is 55.8 Å². The lowest BCUT2D eigenvalue weighted by Gasteiger charge is -2.08. The fourth-order valence-electron chi connectivity index (χ4n) is 2.51. The van der Waals surface area contributed by atoms with Crippen molar-refractivity contribution < 1.29 is 14.3 Å². The van der Waals surface area contributed by atoms with Gasteiger partial charge in [0.1, 0.15) is 18.1 Å². The van der Waals surface area contributed by atoms with Crippen LogP contribution >= 0.6 is 11.8 Å². The third-order valence-electron chi connectivity index (χ3n) is 3.78. The van der Waals surface area contributed by atoms with E-state index < -0.39 is 0 Å². The number of imidazole rings is 1. The van der Waals surface area contributed by atoms with Crippen LogP contribution in [0.4, 0.5) is 0 Å². The zero-order valence-corrected chi connectivity index (χ0v) is 16.3. The van der Waals surface area contributed by atoms with Gasteiger partial charge in [-0.25, -0.2) is 4.98 Å². The normalized spacial score (nSPS) is 10.7. The molecule has 0 unspecified atom stereocenters. The molecule has 1 amide bonds. The Balaban J connectivity index is 1.36. The Hall–Kier alpha value is -2.67. The van der Waals surface area contributed by atoms with E-state index in [1.807, 2.05) is 56.3 Å². The van der Waals surface area contributed by atoms with Gasteiger partial charge in [-0.2, -0.15) is 0 Å². The molecular weight excluding hydrogens is 362 g/mol. The molecule has 0 atom stereocenters. The molecule has 0 aliphatic carbocycles. The van der Waals surface area contributed by atoms with Crippen LogP contribution < -0.4 is 14.8 Å². The van der Waals surface area contributed by atoms with Crippen LogP contribution in [0.3, 0.4) is 0 Å². The van der Waals surface area contributed by atoms with Crippen molar-refractivity contribution in [1.82, 2.24) is 15.3 Å². The molecule has 7 heteroatoms. The third-order valence-corrected chi connectivity index (χ3v) is 4.66. The summed E-state index contributed by atoms with van der Waals surface area (Å²) >= 11 is 1.39. The Morgan fingerprint density at radius 3 is 2.63 bits per heavy atom. The smallest absolute Gasteiger partial charge is 0.230 e. The summed E-state index contributed by atoms with van der Waals surface area (Å²) < 4.78 is 11.0. The molecule has 3 aromatic rings. The van der Waals surface area contributed by atoms with Crippen LogP contribution in [0.15, 0.2) is 47.6 Å². The molecule has 0 fully saturated rings. The molecule has 1 heterocycles. The van der Waals surface area contributed by atoms with E-state index in [9.17, 15) is 4.79 Å². The lowest BCUT2D eigenvalue weighted by molar-refractivity contribution is -0.118. The number of carbonyl (C=O) groups excluding carboxylic acids is 1. The summed E-state index contributed by atoms with van der Waals surface area (Å²) in [4.78, 5) is 19.7. The maximum atomic E-state index is 12.0. The number of ether oxygens (including phenoxy) is 2. The van der Waals surface area contributed by atoms with E-state index in [0.717, 1.165) is 27.7 Å². The standard InChI is InChI=1S/C20H23N3O3S/c1-3-25-15-5-7-16(8-6-15)26-11-10-21-19(24)13-27-20-22-17-9-4-14(2)12-18(17)23-20/h4-9,12H,3,10-11,13H2,1-2H3,(H,21,24)(H,22,23). The molecule has 0 saturated heterocycles. The van der Waals surface area contributed by atoms with Crippen molar-refractivity contribution in [2.24, 2.45) is 0 Å². The summed E-state index contributed by atoms with van der Waals surface area (Å²) in [5.41, 5.74) is 3.07. The molecule has 0 aliphatic heterocycles. The predicted molar refractivity (Wildman–Crippen MR) is 108 cm³/mol. The molecule has 0 spiro atoms. The number of aromatic nitrogens is 2. The number of benzene rings is 2. The van der Waals surface area contributed by atoms with Gasteiger partial charge in [0.25, 0.3) is 0 Å². The van der Waals surface area contributed by atoms with Crippen LogP contribution in [0.25, 0.3) is 11.0 Å². The summed E-state index contributed by atoms with van der Waals surface area (Å²) in [6.07, 6.45) is 0. The first-order valence-electron chi connectivity index (χ1n) is 8.85. The third kappa shape index (κ3) is 5.65. The molecule has 0 aliphatic rings. The fraction of sp³-hybridized carbons (Fsp3) is 0.300. The first-order chi connectivity index (χ1) is 13.1. The number of fused-ring (bicyclic) bond motifs is 1. The maximum Gasteiger partial charge on any atom is 0.230 e. The second-order valence-corrected chi connectivity index (χ2v) is 6.92. The Morgan fingerprint density at radius 2 is 1.89 bits per heavy atom. The summed E-state index contributed by atoms with van der Waals surface area (Å²) in [7, 11) is 0. The lowest BCUT2D eigenvalue weighted by Crippen LogP contribution is -2.29. The molecule has 6 nitrogen and oxygen atoms in total. The zero-order chi connectivity index (χ0) is 19.1. The van der Waals surface area contributed by atoms with Gasteiger partial charge in [-0.15, -0.1) is 0 Å². The number of nitrogens with zero attached hydrogens (tertiary/aromatic N) is 1. The van der Waals surface area contributed by atoms with Crippen LogP contribution in [0.2, 0.25) is 0 Å². The Labute approximate surface area is 162 Å². The van der Waals surface area contributed by atoms with Crippen LogP contribution in [0, 0.1) is 6.92 Å². The van der Waals surface area contributed by atoms with E-state index in [0.29, 0.717) is 25.5 Å². The average molecular weight is 385 g/mol. The van der Waals surface area contributed by atoms with Gasteiger partial charge in [0.15, 0.2) is 5.16 Å². The first kappa shape index (κ1) is 19.1. The van der Waals surface area contributed by atoms with E-state index in [4.69, 9.17) is 9.47 Å². The summed E-state index contributed by atoms with van der Waals surface area (Å²) in [5.74, 6) is 1.82. The van der Waals surface area contributed by atoms with Gasteiger partial charge in [0.2, 0.25) is 5.91 Å². The molecule has 27 heavy (non-hydrogen) atoms. The van der Waals surface area contributed by atoms with E-state index in [1.54, 1.807) is 0 Å². The van der Waals surface area contributed by atoms with Crippen LogP contribution in [-0.4, -0.2) is 41.4 Å². The van der Waals surface area contributed by atoms with Crippen LogP contribution in [0.1, 0.15) is 12.5 Å². The lowest BCUT2D eigenvalue weighted by atomic mass is 10.2. The van der Waals surface area contributed by atoms with E-state index in [2.05, 4.69) is 15.3 Å². The number of rotatable bonds is 9. The van der Waals surface area contributed by atoms with Gasteiger partial charge in [0, 0.05) is 0 Å². The molecule has 142 valence electrons. The highest BCUT2D eigenvalue weighted by molar-refractivity contribution is 7.99. The van der Waals surface area contributed by atoms with Crippen molar-refractivity contribution >= 4 is 28.7 Å².